The molecule has 2 aromatic rings. The van der Waals surface area contributed by atoms with Gasteiger partial charge in [0, 0.05) is 42.9 Å². The zero-order valence-electron chi connectivity index (χ0n) is 18.4. The molecule has 2 N–H and O–H groups in total. The highest BCUT2D eigenvalue weighted by Crippen LogP contribution is 2.41. The number of carbonyl (C=O) groups is 1. The van der Waals surface area contributed by atoms with Crippen molar-refractivity contribution in [3.8, 4) is 23.0 Å². The fourth-order valence-electron chi connectivity index (χ4n) is 3.96. The molecule has 2 aromatic carbocycles. The van der Waals surface area contributed by atoms with Gasteiger partial charge < -0.3 is 34.3 Å². The van der Waals surface area contributed by atoms with Gasteiger partial charge in [-0.25, -0.2) is 4.79 Å². The lowest BCUT2D eigenvalue weighted by molar-refractivity contribution is 0.0500. The summed E-state index contributed by atoms with van der Waals surface area (Å²) in [6.07, 6.45) is 1.58. The zero-order chi connectivity index (χ0) is 22.3. The molecule has 8 nitrogen and oxygen atoms in total. The Morgan fingerprint density at radius 3 is 2.13 bits per heavy atom. The van der Waals surface area contributed by atoms with Gasteiger partial charge in [0.05, 0.1) is 34.1 Å². The largest absolute Gasteiger partial charge is 0.496 e. The molecule has 3 rings (SSSR count). The summed E-state index contributed by atoms with van der Waals surface area (Å²) in [4.78, 5) is 12.7. The number of carbonyl (C=O) groups excluding carboxylic acids is 1. The second-order valence-electron chi connectivity index (χ2n) is 7.31. The van der Waals surface area contributed by atoms with Crippen molar-refractivity contribution in [3.05, 3.63) is 42.0 Å². The van der Waals surface area contributed by atoms with Crippen LogP contribution in [0.5, 0.6) is 23.0 Å². The molecule has 0 aromatic heterocycles. The van der Waals surface area contributed by atoms with E-state index in [2.05, 4.69) is 16.7 Å². The van der Waals surface area contributed by atoms with Crippen LogP contribution in [-0.2, 0) is 10.2 Å². The number of hydrogen-bond donors (Lipinski definition) is 2. The van der Waals surface area contributed by atoms with Crippen molar-refractivity contribution >= 4 is 11.7 Å². The Morgan fingerprint density at radius 1 is 0.935 bits per heavy atom. The summed E-state index contributed by atoms with van der Waals surface area (Å²) in [5.74, 6) is 2.21. The van der Waals surface area contributed by atoms with Gasteiger partial charge >= 0.3 is 6.03 Å². The quantitative estimate of drug-likeness (QED) is 0.666. The summed E-state index contributed by atoms with van der Waals surface area (Å²) in [6, 6.07) is 11.0. The highest BCUT2D eigenvalue weighted by Gasteiger charge is 2.37. The van der Waals surface area contributed by atoms with Gasteiger partial charge in [0.15, 0.2) is 11.5 Å². The standard InChI is InChI=1S/C23H30N2O6/c1-27-18-8-6-5-7-17(18)23(9-11-31-12-10-23)15-24-22(26)25-16-13-19(28-2)21(30-4)20(14-16)29-3/h5-8,13-14H,9-12,15H2,1-4H3,(H2,24,25,26). The van der Waals surface area contributed by atoms with E-state index in [1.165, 1.54) is 21.3 Å². The molecule has 8 heteroatoms. The molecule has 0 saturated carbocycles. The smallest absolute Gasteiger partial charge is 0.319 e. The average Bonchev–Trinajstić information content (AvgIpc) is 2.82. The summed E-state index contributed by atoms with van der Waals surface area (Å²) < 4.78 is 27.2. The Bertz CT molecular complexity index is 870. The first-order valence-electron chi connectivity index (χ1n) is 10.1. The van der Waals surface area contributed by atoms with Crippen LogP contribution in [-0.4, -0.2) is 54.2 Å². The van der Waals surface area contributed by atoms with E-state index >= 15 is 0 Å². The minimum Gasteiger partial charge on any atom is -0.496 e. The van der Waals surface area contributed by atoms with Gasteiger partial charge in [0.1, 0.15) is 5.75 Å². The first kappa shape index (κ1) is 22.6. The highest BCUT2D eigenvalue weighted by molar-refractivity contribution is 5.90. The number of benzene rings is 2. The summed E-state index contributed by atoms with van der Waals surface area (Å²) in [6.45, 7) is 1.72. The fourth-order valence-corrected chi connectivity index (χ4v) is 3.96. The maximum absolute atomic E-state index is 12.7. The minimum absolute atomic E-state index is 0.266. The second-order valence-corrected chi connectivity index (χ2v) is 7.31. The Kier molecular flexibility index (Phi) is 7.46. The molecule has 0 radical (unpaired) electrons. The van der Waals surface area contributed by atoms with E-state index in [0.717, 1.165) is 24.2 Å². The van der Waals surface area contributed by atoms with Gasteiger partial charge in [0.2, 0.25) is 5.75 Å². The van der Waals surface area contributed by atoms with Gasteiger partial charge in [-0.3, -0.25) is 0 Å². The summed E-state index contributed by atoms with van der Waals surface area (Å²) in [7, 11) is 6.26. The van der Waals surface area contributed by atoms with Crippen LogP contribution >= 0.6 is 0 Å². The summed E-state index contributed by atoms with van der Waals surface area (Å²) in [5, 5.41) is 5.87. The number of nitrogens with one attached hydrogen (secondary N) is 2. The maximum atomic E-state index is 12.7. The Morgan fingerprint density at radius 2 is 1.55 bits per heavy atom. The number of ether oxygens (including phenoxy) is 5. The van der Waals surface area contributed by atoms with Gasteiger partial charge in [-0.1, -0.05) is 18.2 Å². The molecule has 31 heavy (non-hydrogen) atoms. The molecule has 1 fully saturated rings. The average molecular weight is 431 g/mol. The predicted octanol–water partition coefficient (Wildman–Crippen LogP) is 3.59. The third kappa shape index (κ3) is 4.96. The molecule has 1 saturated heterocycles. The van der Waals surface area contributed by atoms with Gasteiger partial charge in [-0.2, -0.15) is 0 Å². The lowest BCUT2D eigenvalue weighted by Gasteiger charge is -2.38. The van der Waals surface area contributed by atoms with Crippen molar-refractivity contribution in [2.75, 3.05) is 53.5 Å². The Labute approximate surface area is 182 Å². The first-order chi connectivity index (χ1) is 15.1. The number of rotatable bonds is 8. The van der Waals surface area contributed by atoms with Crippen molar-refractivity contribution in [3.63, 3.8) is 0 Å². The van der Waals surface area contributed by atoms with Gasteiger partial charge in [0.25, 0.3) is 0 Å². The predicted molar refractivity (Wildman–Crippen MR) is 118 cm³/mol. The van der Waals surface area contributed by atoms with Gasteiger partial charge in [-0.05, 0) is 18.9 Å². The molecule has 1 heterocycles. The van der Waals surface area contributed by atoms with Crippen LogP contribution in [0.15, 0.2) is 36.4 Å². The van der Waals surface area contributed by atoms with Crippen molar-refractivity contribution in [1.29, 1.82) is 0 Å². The highest BCUT2D eigenvalue weighted by atomic mass is 16.5. The molecule has 0 spiro atoms. The van der Waals surface area contributed by atoms with Crippen LogP contribution in [0.4, 0.5) is 10.5 Å². The fraction of sp³-hybridized carbons (Fsp3) is 0.435. The Balaban J connectivity index is 1.77. The topological polar surface area (TPSA) is 87.3 Å². The van der Waals surface area contributed by atoms with E-state index in [1.54, 1.807) is 19.2 Å². The number of hydrogen-bond acceptors (Lipinski definition) is 6. The van der Waals surface area contributed by atoms with E-state index in [9.17, 15) is 4.79 Å². The van der Waals surface area contributed by atoms with Crippen molar-refractivity contribution in [2.24, 2.45) is 0 Å². The molecule has 0 unspecified atom stereocenters. The minimum atomic E-state index is -0.324. The molecule has 2 amide bonds. The van der Waals surface area contributed by atoms with Crippen molar-refractivity contribution in [1.82, 2.24) is 5.32 Å². The van der Waals surface area contributed by atoms with Crippen molar-refractivity contribution in [2.45, 2.75) is 18.3 Å². The molecular formula is C23H30N2O6. The van der Waals surface area contributed by atoms with Crippen LogP contribution in [0.1, 0.15) is 18.4 Å². The van der Waals surface area contributed by atoms with Crippen molar-refractivity contribution < 1.29 is 28.5 Å². The third-order valence-electron chi connectivity index (χ3n) is 5.64. The molecule has 168 valence electrons. The molecule has 0 atom stereocenters. The van der Waals surface area contributed by atoms with Crippen LogP contribution in [0.2, 0.25) is 0 Å². The lowest BCUT2D eigenvalue weighted by atomic mass is 9.73. The number of methoxy groups -OCH3 is 4. The van der Waals surface area contributed by atoms with Crippen LogP contribution in [0.3, 0.4) is 0 Å². The molecular weight excluding hydrogens is 400 g/mol. The van der Waals surface area contributed by atoms with E-state index in [4.69, 9.17) is 23.7 Å². The molecule has 1 aliphatic rings. The number of para-hydroxylation sites is 1. The second kappa shape index (κ2) is 10.3. The SMILES string of the molecule is COc1ccccc1C1(CNC(=O)Nc2cc(OC)c(OC)c(OC)c2)CCOCC1. The lowest BCUT2D eigenvalue weighted by Crippen LogP contribution is -2.45. The third-order valence-corrected chi connectivity index (χ3v) is 5.64. The molecule has 0 bridgehead atoms. The monoisotopic (exact) mass is 430 g/mol. The Hall–Kier alpha value is -3.13. The summed E-state index contributed by atoms with van der Waals surface area (Å²) in [5.41, 5.74) is 1.34. The van der Waals surface area contributed by atoms with Crippen LogP contribution < -0.4 is 29.6 Å². The number of amides is 2. The van der Waals surface area contributed by atoms with Gasteiger partial charge in [-0.15, -0.1) is 0 Å². The maximum Gasteiger partial charge on any atom is 0.319 e. The van der Waals surface area contributed by atoms with Crippen LogP contribution in [0.25, 0.3) is 0 Å². The van der Waals surface area contributed by atoms with E-state index in [1.807, 2.05) is 18.2 Å². The number of anilines is 1. The van der Waals surface area contributed by atoms with E-state index in [0.29, 0.717) is 42.7 Å². The zero-order valence-corrected chi connectivity index (χ0v) is 18.4. The van der Waals surface area contributed by atoms with E-state index in [-0.39, 0.29) is 11.4 Å². The number of urea groups is 1. The van der Waals surface area contributed by atoms with E-state index < -0.39 is 0 Å². The molecule has 0 aliphatic carbocycles. The first-order valence-corrected chi connectivity index (χ1v) is 10.1. The summed E-state index contributed by atoms with van der Waals surface area (Å²) >= 11 is 0. The van der Waals surface area contributed by atoms with Crippen LogP contribution in [0, 0.1) is 0 Å². The normalized spacial score (nSPS) is 15.0. The molecule has 1 aliphatic heterocycles.